The minimum Gasteiger partial charge on any atom is -0.368 e. The lowest BCUT2D eigenvalue weighted by atomic mass is 9.95. The van der Waals surface area contributed by atoms with E-state index in [-0.39, 0.29) is 17.6 Å². The van der Waals surface area contributed by atoms with Crippen molar-refractivity contribution in [3.05, 3.63) is 64.4 Å². The van der Waals surface area contributed by atoms with E-state index < -0.39 is 0 Å². The molecule has 2 aliphatic rings. The number of halogens is 2. The molecule has 160 valence electrons. The fraction of sp³-hybridized carbons (Fsp3) is 0.458. The fourth-order valence-electron chi connectivity index (χ4n) is 4.62. The first-order valence-corrected chi connectivity index (χ1v) is 11.1. The number of rotatable bonds is 4. The van der Waals surface area contributed by atoms with Gasteiger partial charge in [-0.3, -0.25) is 9.69 Å². The van der Waals surface area contributed by atoms with E-state index in [9.17, 15) is 9.18 Å². The first-order chi connectivity index (χ1) is 14.5. The van der Waals surface area contributed by atoms with Gasteiger partial charge in [-0.15, -0.1) is 0 Å². The second kappa shape index (κ2) is 9.36. The summed E-state index contributed by atoms with van der Waals surface area (Å²) in [4.78, 5) is 19.7. The van der Waals surface area contributed by atoms with Crippen molar-refractivity contribution in [1.29, 1.82) is 0 Å². The molecule has 2 fully saturated rings. The van der Waals surface area contributed by atoms with Crippen LogP contribution in [-0.2, 0) is 11.3 Å². The number of aryl methyl sites for hydroxylation is 1. The number of anilines is 1. The quantitative estimate of drug-likeness (QED) is 0.723. The van der Waals surface area contributed by atoms with Gasteiger partial charge in [0.1, 0.15) is 5.82 Å². The number of piperazine rings is 1. The molecule has 2 aromatic rings. The lowest BCUT2D eigenvalue weighted by molar-refractivity contribution is -0.137. The monoisotopic (exact) mass is 429 g/mol. The van der Waals surface area contributed by atoms with Gasteiger partial charge in [0.15, 0.2) is 0 Å². The van der Waals surface area contributed by atoms with Crippen LogP contribution >= 0.6 is 11.6 Å². The van der Waals surface area contributed by atoms with E-state index in [0.717, 1.165) is 56.3 Å². The standard InChI is InChI=1S/C24H29ClFN3O/c1-18-8-9-21(25)15-23(18)28-11-13-29(14-12-28)24(30)20-6-4-10-27(17-20)16-19-5-2-3-7-22(19)26/h2-3,5,7-9,15,20H,4,6,10-14,16-17H2,1H3. The summed E-state index contributed by atoms with van der Waals surface area (Å²) in [7, 11) is 0. The van der Waals surface area contributed by atoms with Crippen LogP contribution in [0.3, 0.4) is 0 Å². The predicted octanol–water partition coefficient (Wildman–Crippen LogP) is 4.35. The SMILES string of the molecule is Cc1ccc(Cl)cc1N1CCN(C(=O)C2CCCN(Cc3ccccc3F)C2)CC1. The number of benzene rings is 2. The Kier molecular flexibility index (Phi) is 6.59. The Hall–Kier alpha value is -2.11. The van der Waals surface area contributed by atoms with Crippen LogP contribution in [0.1, 0.15) is 24.0 Å². The third-order valence-electron chi connectivity index (χ3n) is 6.31. The van der Waals surface area contributed by atoms with Crippen molar-refractivity contribution in [2.75, 3.05) is 44.2 Å². The molecule has 2 heterocycles. The third-order valence-corrected chi connectivity index (χ3v) is 6.54. The van der Waals surface area contributed by atoms with Gasteiger partial charge < -0.3 is 9.80 Å². The summed E-state index contributed by atoms with van der Waals surface area (Å²) in [5.41, 5.74) is 3.06. The molecule has 1 unspecified atom stereocenters. The summed E-state index contributed by atoms with van der Waals surface area (Å²) in [5.74, 6) is 0.0825. The first-order valence-electron chi connectivity index (χ1n) is 10.8. The molecule has 0 radical (unpaired) electrons. The molecule has 2 aliphatic heterocycles. The van der Waals surface area contributed by atoms with Gasteiger partial charge in [0.25, 0.3) is 0 Å². The van der Waals surface area contributed by atoms with Gasteiger partial charge in [0.05, 0.1) is 5.92 Å². The average molecular weight is 430 g/mol. The minimum absolute atomic E-state index is 0.00461. The van der Waals surface area contributed by atoms with Crippen LogP contribution in [0.15, 0.2) is 42.5 Å². The van der Waals surface area contributed by atoms with Crippen molar-refractivity contribution >= 4 is 23.2 Å². The normalized spacial score (nSPS) is 20.4. The maximum absolute atomic E-state index is 14.0. The van der Waals surface area contributed by atoms with Crippen LogP contribution in [0.5, 0.6) is 0 Å². The van der Waals surface area contributed by atoms with Crippen LogP contribution in [-0.4, -0.2) is 55.0 Å². The Bertz CT molecular complexity index is 898. The summed E-state index contributed by atoms with van der Waals surface area (Å²) in [6.07, 6.45) is 1.90. The first kappa shape index (κ1) is 21.1. The fourth-order valence-corrected chi connectivity index (χ4v) is 4.78. The zero-order valence-corrected chi connectivity index (χ0v) is 18.2. The highest BCUT2D eigenvalue weighted by Gasteiger charge is 2.31. The Morgan fingerprint density at radius 1 is 1.10 bits per heavy atom. The lowest BCUT2D eigenvalue weighted by Crippen LogP contribution is -2.52. The van der Waals surface area contributed by atoms with E-state index in [1.54, 1.807) is 6.07 Å². The number of carbonyl (C=O) groups excluding carboxylic acids is 1. The number of amides is 1. The number of carbonyl (C=O) groups is 1. The topological polar surface area (TPSA) is 26.8 Å². The molecule has 0 aliphatic carbocycles. The van der Waals surface area contributed by atoms with E-state index in [1.165, 1.54) is 11.6 Å². The molecule has 1 amide bonds. The molecule has 30 heavy (non-hydrogen) atoms. The molecule has 2 saturated heterocycles. The highest BCUT2D eigenvalue weighted by atomic mass is 35.5. The largest absolute Gasteiger partial charge is 0.368 e. The Morgan fingerprint density at radius 2 is 1.87 bits per heavy atom. The number of hydrogen-bond acceptors (Lipinski definition) is 3. The molecule has 0 bridgehead atoms. The van der Waals surface area contributed by atoms with Crippen LogP contribution in [0, 0.1) is 18.7 Å². The molecule has 1 atom stereocenters. The van der Waals surface area contributed by atoms with Gasteiger partial charge in [-0.25, -0.2) is 4.39 Å². The van der Waals surface area contributed by atoms with Gasteiger partial charge in [0, 0.05) is 55.5 Å². The number of likely N-dealkylation sites (tertiary alicyclic amines) is 1. The van der Waals surface area contributed by atoms with Crippen LogP contribution < -0.4 is 4.90 Å². The zero-order chi connectivity index (χ0) is 21.1. The highest BCUT2D eigenvalue weighted by molar-refractivity contribution is 6.30. The van der Waals surface area contributed by atoms with Gasteiger partial charge in [-0.05, 0) is 50.1 Å². The highest BCUT2D eigenvalue weighted by Crippen LogP contribution is 2.27. The summed E-state index contributed by atoms with van der Waals surface area (Å²) < 4.78 is 14.0. The van der Waals surface area contributed by atoms with Crippen LogP contribution in [0.2, 0.25) is 5.02 Å². The van der Waals surface area contributed by atoms with Crippen molar-refractivity contribution in [2.45, 2.75) is 26.3 Å². The second-order valence-electron chi connectivity index (χ2n) is 8.41. The summed E-state index contributed by atoms with van der Waals surface area (Å²) in [5, 5.41) is 0.742. The molecule has 0 saturated carbocycles. The number of nitrogens with zero attached hydrogens (tertiary/aromatic N) is 3. The Morgan fingerprint density at radius 3 is 2.63 bits per heavy atom. The molecular weight excluding hydrogens is 401 g/mol. The van der Waals surface area contributed by atoms with E-state index >= 15 is 0 Å². The number of piperidine rings is 1. The minimum atomic E-state index is -0.168. The zero-order valence-electron chi connectivity index (χ0n) is 17.5. The van der Waals surface area contributed by atoms with Crippen molar-refractivity contribution in [3.63, 3.8) is 0 Å². The molecule has 4 rings (SSSR count). The molecule has 0 N–H and O–H groups in total. The van der Waals surface area contributed by atoms with E-state index in [4.69, 9.17) is 11.6 Å². The second-order valence-corrected chi connectivity index (χ2v) is 8.85. The van der Waals surface area contributed by atoms with E-state index in [0.29, 0.717) is 18.7 Å². The smallest absolute Gasteiger partial charge is 0.227 e. The van der Waals surface area contributed by atoms with Crippen molar-refractivity contribution in [1.82, 2.24) is 9.80 Å². The summed E-state index contributed by atoms with van der Waals surface area (Å²) in [6, 6.07) is 12.9. The maximum atomic E-state index is 14.0. The maximum Gasteiger partial charge on any atom is 0.227 e. The molecular formula is C24H29ClFN3O. The van der Waals surface area contributed by atoms with Gasteiger partial charge in [0.2, 0.25) is 5.91 Å². The lowest BCUT2D eigenvalue weighted by Gasteiger charge is -2.40. The Labute approximate surface area is 183 Å². The summed E-state index contributed by atoms with van der Waals surface area (Å²) in [6.45, 7) is 7.38. The van der Waals surface area contributed by atoms with Gasteiger partial charge >= 0.3 is 0 Å². The number of hydrogen-bond donors (Lipinski definition) is 0. The Balaban J connectivity index is 1.33. The van der Waals surface area contributed by atoms with Crippen molar-refractivity contribution < 1.29 is 9.18 Å². The molecule has 4 nitrogen and oxygen atoms in total. The molecule has 0 aromatic heterocycles. The van der Waals surface area contributed by atoms with Gasteiger partial charge in [-0.2, -0.15) is 0 Å². The third kappa shape index (κ3) is 4.79. The summed E-state index contributed by atoms with van der Waals surface area (Å²) >= 11 is 6.18. The molecule has 6 heteroatoms. The van der Waals surface area contributed by atoms with Crippen molar-refractivity contribution in [3.8, 4) is 0 Å². The van der Waals surface area contributed by atoms with Crippen molar-refractivity contribution in [2.24, 2.45) is 5.92 Å². The van der Waals surface area contributed by atoms with E-state index in [1.807, 2.05) is 35.2 Å². The average Bonchev–Trinajstić information content (AvgIpc) is 2.77. The molecule has 2 aromatic carbocycles. The van der Waals surface area contributed by atoms with Gasteiger partial charge in [-0.1, -0.05) is 35.9 Å². The van der Waals surface area contributed by atoms with Crippen LogP contribution in [0.25, 0.3) is 0 Å². The predicted molar refractivity (Wildman–Crippen MR) is 119 cm³/mol. The molecule has 0 spiro atoms. The van der Waals surface area contributed by atoms with E-state index in [2.05, 4.69) is 16.7 Å². The van der Waals surface area contributed by atoms with Crippen LogP contribution in [0.4, 0.5) is 10.1 Å².